The first-order chi connectivity index (χ1) is 6.06. The number of carbonyl (C=O) groups excluding carboxylic acids is 1. The number of carbonyl (C=O) groups is 1. The van der Waals surface area contributed by atoms with Gasteiger partial charge < -0.3 is 10.8 Å². The van der Waals surface area contributed by atoms with Crippen LogP contribution in [-0.4, -0.2) is 17.4 Å². The van der Waals surface area contributed by atoms with Crippen molar-refractivity contribution in [1.82, 2.24) is 0 Å². The molecule has 0 fully saturated rings. The summed E-state index contributed by atoms with van der Waals surface area (Å²) in [4.78, 5) is 11.0. The molecule has 0 heterocycles. The molecule has 0 bridgehead atoms. The number of hydrogen-bond acceptors (Lipinski definition) is 3. The van der Waals surface area contributed by atoms with Crippen molar-refractivity contribution < 1.29 is 14.3 Å². The van der Waals surface area contributed by atoms with Gasteiger partial charge in [-0.25, -0.2) is 4.39 Å². The van der Waals surface area contributed by atoms with Crippen LogP contribution in [0.3, 0.4) is 0 Å². The number of rotatable bonds is 2. The molecular weight excluding hydrogens is 241 g/mol. The molecule has 0 aromatic heterocycles. The third-order valence-electron chi connectivity index (χ3n) is 1.52. The van der Waals surface area contributed by atoms with Crippen molar-refractivity contribution >= 4 is 21.7 Å². The standard InChI is InChI=1S/C8H7BrFNO2/c9-5-1-4(7(12)3-11)2-6(10)8(5)13/h1-2,13H,3,11H2. The summed E-state index contributed by atoms with van der Waals surface area (Å²) in [5, 5.41) is 9.02. The molecule has 1 rings (SSSR count). The fraction of sp³-hybridized carbons (Fsp3) is 0.125. The summed E-state index contributed by atoms with van der Waals surface area (Å²) >= 11 is 2.91. The van der Waals surface area contributed by atoms with Crippen LogP contribution in [0.2, 0.25) is 0 Å². The van der Waals surface area contributed by atoms with E-state index in [2.05, 4.69) is 15.9 Å². The average molecular weight is 248 g/mol. The number of halogens is 2. The lowest BCUT2D eigenvalue weighted by atomic mass is 10.1. The maximum atomic E-state index is 12.9. The Labute approximate surface area is 82.5 Å². The zero-order chi connectivity index (χ0) is 10.0. The summed E-state index contributed by atoms with van der Waals surface area (Å²) < 4.78 is 13.0. The van der Waals surface area contributed by atoms with Crippen molar-refractivity contribution in [2.24, 2.45) is 5.73 Å². The summed E-state index contributed by atoms with van der Waals surface area (Å²) in [6.07, 6.45) is 0. The van der Waals surface area contributed by atoms with Gasteiger partial charge in [0, 0.05) is 5.56 Å². The Hall–Kier alpha value is -0.940. The molecule has 0 unspecified atom stereocenters. The van der Waals surface area contributed by atoms with Gasteiger partial charge in [-0.2, -0.15) is 0 Å². The number of Topliss-reactive ketones (excluding diaryl/α,β-unsaturated/α-hetero) is 1. The van der Waals surface area contributed by atoms with E-state index in [1.807, 2.05) is 0 Å². The summed E-state index contributed by atoms with van der Waals surface area (Å²) in [7, 11) is 0. The van der Waals surface area contributed by atoms with Crippen molar-refractivity contribution in [3.63, 3.8) is 0 Å². The minimum atomic E-state index is -0.842. The van der Waals surface area contributed by atoms with Crippen LogP contribution in [0.5, 0.6) is 5.75 Å². The first-order valence-electron chi connectivity index (χ1n) is 3.47. The molecule has 70 valence electrons. The number of phenolic OH excluding ortho intramolecular Hbond substituents is 1. The van der Waals surface area contributed by atoms with Crippen LogP contribution in [-0.2, 0) is 0 Å². The van der Waals surface area contributed by atoms with E-state index in [0.717, 1.165) is 6.07 Å². The van der Waals surface area contributed by atoms with Crippen LogP contribution in [0.15, 0.2) is 16.6 Å². The zero-order valence-electron chi connectivity index (χ0n) is 6.55. The Morgan fingerprint density at radius 3 is 2.69 bits per heavy atom. The topological polar surface area (TPSA) is 63.3 Å². The maximum absolute atomic E-state index is 12.9. The molecule has 3 N–H and O–H groups in total. The number of aromatic hydroxyl groups is 1. The van der Waals surface area contributed by atoms with Crippen molar-refractivity contribution in [3.05, 3.63) is 28.0 Å². The van der Waals surface area contributed by atoms with Crippen LogP contribution >= 0.6 is 15.9 Å². The highest BCUT2D eigenvalue weighted by molar-refractivity contribution is 9.10. The Morgan fingerprint density at radius 1 is 1.62 bits per heavy atom. The quantitative estimate of drug-likeness (QED) is 0.778. The monoisotopic (exact) mass is 247 g/mol. The van der Waals surface area contributed by atoms with E-state index in [4.69, 9.17) is 10.8 Å². The molecule has 0 amide bonds. The Morgan fingerprint density at radius 2 is 2.23 bits per heavy atom. The molecule has 13 heavy (non-hydrogen) atoms. The molecule has 0 spiro atoms. The van der Waals surface area contributed by atoms with E-state index >= 15 is 0 Å². The molecule has 0 aliphatic carbocycles. The number of ketones is 1. The van der Waals surface area contributed by atoms with Gasteiger partial charge in [0.05, 0.1) is 11.0 Å². The first-order valence-corrected chi connectivity index (χ1v) is 4.27. The van der Waals surface area contributed by atoms with Gasteiger partial charge >= 0.3 is 0 Å². The van der Waals surface area contributed by atoms with E-state index in [1.165, 1.54) is 6.07 Å². The smallest absolute Gasteiger partial charge is 0.176 e. The van der Waals surface area contributed by atoms with Crippen LogP contribution in [0.1, 0.15) is 10.4 Å². The lowest BCUT2D eigenvalue weighted by Crippen LogP contribution is -2.13. The van der Waals surface area contributed by atoms with E-state index in [1.54, 1.807) is 0 Å². The van der Waals surface area contributed by atoms with Gasteiger partial charge in [-0.1, -0.05) is 0 Å². The van der Waals surface area contributed by atoms with Crippen LogP contribution in [0.4, 0.5) is 4.39 Å². The van der Waals surface area contributed by atoms with Gasteiger partial charge in [0.25, 0.3) is 0 Å². The number of nitrogens with two attached hydrogens (primary N) is 1. The summed E-state index contributed by atoms with van der Waals surface area (Å²) in [5.74, 6) is -1.72. The second-order valence-electron chi connectivity index (χ2n) is 2.42. The molecular formula is C8H7BrFNO2. The van der Waals surface area contributed by atoms with Crippen LogP contribution in [0.25, 0.3) is 0 Å². The second kappa shape index (κ2) is 3.85. The molecule has 0 aliphatic rings. The van der Waals surface area contributed by atoms with Crippen LogP contribution in [0, 0.1) is 5.82 Å². The molecule has 0 atom stereocenters. The fourth-order valence-corrected chi connectivity index (χ4v) is 1.28. The first kappa shape index (κ1) is 10.1. The molecule has 0 saturated heterocycles. The van der Waals surface area contributed by atoms with Gasteiger partial charge in [-0.15, -0.1) is 0 Å². The fourth-order valence-electron chi connectivity index (χ4n) is 0.844. The molecule has 3 nitrogen and oxygen atoms in total. The highest BCUT2D eigenvalue weighted by atomic mass is 79.9. The normalized spacial score (nSPS) is 10.1. The maximum Gasteiger partial charge on any atom is 0.176 e. The van der Waals surface area contributed by atoms with Gasteiger partial charge in [-0.05, 0) is 28.1 Å². The predicted molar refractivity (Wildman–Crippen MR) is 49.1 cm³/mol. The van der Waals surface area contributed by atoms with Gasteiger partial charge in [0.1, 0.15) is 0 Å². The summed E-state index contributed by atoms with van der Waals surface area (Å²) in [6, 6.07) is 2.28. The van der Waals surface area contributed by atoms with E-state index < -0.39 is 11.6 Å². The SMILES string of the molecule is NCC(=O)c1cc(F)c(O)c(Br)c1. The number of phenols is 1. The van der Waals surface area contributed by atoms with Crippen molar-refractivity contribution in [1.29, 1.82) is 0 Å². The van der Waals surface area contributed by atoms with Gasteiger partial charge in [0.2, 0.25) is 0 Å². The van der Waals surface area contributed by atoms with Gasteiger partial charge in [-0.3, -0.25) is 4.79 Å². The molecule has 5 heteroatoms. The minimum Gasteiger partial charge on any atom is -0.504 e. The Bertz CT molecular complexity index is 331. The lowest BCUT2D eigenvalue weighted by molar-refractivity contribution is 0.100. The molecule has 0 aliphatic heterocycles. The summed E-state index contributed by atoms with van der Waals surface area (Å²) in [6.45, 7) is -0.184. The third kappa shape index (κ3) is 2.05. The van der Waals surface area contributed by atoms with Gasteiger partial charge in [0.15, 0.2) is 17.3 Å². The van der Waals surface area contributed by atoms with Crippen molar-refractivity contribution in [2.45, 2.75) is 0 Å². The number of benzene rings is 1. The predicted octanol–water partition coefficient (Wildman–Crippen LogP) is 1.44. The van der Waals surface area contributed by atoms with E-state index in [-0.39, 0.29) is 22.4 Å². The summed E-state index contributed by atoms with van der Waals surface area (Å²) in [5.41, 5.74) is 5.24. The molecule has 1 aromatic rings. The van der Waals surface area contributed by atoms with Crippen molar-refractivity contribution in [3.8, 4) is 5.75 Å². The zero-order valence-corrected chi connectivity index (χ0v) is 8.14. The van der Waals surface area contributed by atoms with E-state index in [9.17, 15) is 9.18 Å². The lowest BCUT2D eigenvalue weighted by Gasteiger charge is -2.02. The Kier molecular flexibility index (Phi) is 3.00. The highest BCUT2D eigenvalue weighted by Gasteiger charge is 2.11. The molecule has 0 radical (unpaired) electrons. The number of hydrogen-bond donors (Lipinski definition) is 2. The Balaban J connectivity index is 3.20. The molecule has 0 saturated carbocycles. The van der Waals surface area contributed by atoms with Crippen molar-refractivity contribution in [2.75, 3.05) is 6.54 Å². The third-order valence-corrected chi connectivity index (χ3v) is 2.13. The minimum absolute atomic E-state index is 0.143. The van der Waals surface area contributed by atoms with E-state index in [0.29, 0.717) is 0 Å². The highest BCUT2D eigenvalue weighted by Crippen LogP contribution is 2.28. The molecule has 1 aromatic carbocycles. The van der Waals surface area contributed by atoms with Crippen LogP contribution < -0.4 is 5.73 Å². The second-order valence-corrected chi connectivity index (χ2v) is 3.27. The average Bonchev–Trinajstić information content (AvgIpc) is 2.12. The largest absolute Gasteiger partial charge is 0.504 e.